The lowest BCUT2D eigenvalue weighted by molar-refractivity contribution is 0.0892. The van der Waals surface area contributed by atoms with Crippen molar-refractivity contribution in [3.63, 3.8) is 0 Å². The highest BCUT2D eigenvalue weighted by Gasteiger charge is 2.46. The highest BCUT2D eigenvalue weighted by molar-refractivity contribution is 5.85. The molecule has 0 radical (unpaired) electrons. The lowest BCUT2D eigenvalue weighted by Gasteiger charge is -2.46. The summed E-state index contributed by atoms with van der Waals surface area (Å²) in [4.78, 5) is 0. The van der Waals surface area contributed by atoms with Crippen LogP contribution in [-0.2, 0) is 0 Å². The Morgan fingerprint density at radius 1 is 1.33 bits per heavy atom. The van der Waals surface area contributed by atoms with Crippen molar-refractivity contribution in [1.29, 1.82) is 5.26 Å². The van der Waals surface area contributed by atoms with Crippen LogP contribution in [0.2, 0.25) is 0 Å². The number of nitriles is 1. The summed E-state index contributed by atoms with van der Waals surface area (Å²) in [6.07, 6.45) is 5.67. The molecule has 2 N–H and O–H groups in total. The first-order chi connectivity index (χ1) is 5.27. The van der Waals surface area contributed by atoms with E-state index in [0.29, 0.717) is 0 Å². The summed E-state index contributed by atoms with van der Waals surface area (Å²) in [7, 11) is 0. The minimum atomic E-state index is -0.130. The van der Waals surface area contributed by atoms with E-state index in [-0.39, 0.29) is 23.9 Å². The van der Waals surface area contributed by atoms with Crippen molar-refractivity contribution in [2.45, 2.75) is 38.1 Å². The molecule has 12 heavy (non-hydrogen) atoms. The van der Waals surface area contributed by atoms with Crippen molar-refractivity contribution in [2.75, 3.05) is 0 Å². The lowest BCUT2D eigenvalue weighted by Crippen LogP contribution is -2.49. The summed E-state index contributed by atoms with van der Waals surface area (Å²) in [6.45, 7) is 0. The van der Waals surface area contributed by atoms with Gasteiger partial charge in [0.1, 0.15) is 0 Å². The highest BCUT2D eigenvalue weighted by atomic mass is 35.5. The quantitative estimate of drug-likeness (QED) is 0.628. The molecule has 3 saturated carbocycles. The molecular weight excluding hydrogens is 172 g/mol. The van der Waals surface area contributed by atoms with E-state index in [9.17, 15) is 0 Å². The van der Waals surface area contributed by atoms with Gasteiger partial charge in [0.2, 0.25) is 0 Å². The number of fused-ring (bicyclic) bond motifs is 3. The highest BCUT2D eigenvalue weighted by Crippen LogP contribution is 2.48. The zero-order valence-corrected chi connectivity index (χ0v) is 7.94. The van der Waals surface area contributed by atoms with Crippen molar-refractivity contribution >= 4 is 12.4 Å². The molecule has 3 heteroatoms. The zero-order valence-electron chi connectivity index (χ0n) is 7.12. The molecule has 3 aliphatic carbocycles. The third-order valence-corrected chi connectivity index (χ3v) is 3.52. The van der Waals surface area contributed by atoms with Crippen molar-refractivity contribution < 1.29 is 0 Å². The Kier molecular flexibility index (Phi) is 2.65. The summed E-state index contributed by atoms with van der Waals surface area (Å²) in [6, 6.07) is 2.60. The van der Waals surface area contributed by atoms with Gasteiger partial charge < -0.3 is 5.73 Å². The van der Waals surface area contributed by atoms with Crippen molar-refractivity contribution in [2.24, 2.45) is 17.1 Å². The van der Waals surface area contributed by atoms with Crippen LogP contribution in [0.3, 0.4) is 0 Å². The van der Waals surface area contributed by atoms with Gasteiger partial charge in [-0.3, -0.25) is 0 Å². The molecule has 1 unspecified atom stereocenters. The van der Waals surface area contributed by atoms with Gasteiger partial charge in [-0.25, -0.2) is 0 Å². The maximum Gasteiger partial charge on any atom is 0.0724 e. The van der Waals surface area contributed by atoms with Crippen LogP contribution in [0.15, 0.2) is 0 Å². The van der Waals surface area contributed by atoms with E-state index in [4.69, 9.17) is 11.0 Å². The molecule has 2 bridgehead atoms. The Labute approximate surface area is 79.5 Å². The van der Waals surface area contributed by atoms with Gasteiger partial charge in [-0.1, -0.05) is 0 Å². The first-order valence-electron chi connectivity index (χ1n) is 4.44. The fourth-order valence-electron chi connectivity index (χ4n) is 2.58. The van der Waals surface area contributed by atoms with Crippen LogP contribution in [0.1, 0.15) is 32.1 Å². The number of halogens is 1. The topological polar surface area (TPSA) is 49.8 Å². The van der Waals surface area contributed by atoms with Crippen LogP contribution >= 0.6 is 12.4 Å². The summed E-state index contributed by atoms with van der Waals surface area (Å²) < 4.78 is 0. The van der Waals surface area contributed by atoms with Crippen LogP contribution in [0, 0.1) is 22.7 Å². The summed E-state index contributed by atoms with van der Waals surface area (Å²) in [5.74, 6) is 0.834. The molecule has 68 valence electrons. The normalized spacial score (nSPS) is 44.7. The van der Waals surface area contributed by atoms with Crippen LogP contribution in [-0.4, -0.2) is 6.04 Å². The Morgan fingerprint density at radius 2 is 1.92 bits per heavy atom. The molecule has 0 aliphatic heterocycles. The smallest absolute Gasteiger partial charge is 0.0724 e. The maximum absolute atomic E-state index is 9.01. The van der Waals surface area contributed by atoms with Gasteiger partial charge in [0.15, 0.2) is 0 Å². The average molecular weight is 187 g/mol. The number of hydrogen-bond donors (Lipinski definition) is 1. The number of rotatable bonds is 0. The third kappa shape index (κ3) is 1.22. The molecule has 0 heterocycles. The van der Waals surface area contributed by atoms with Gasteiger partial charge in [-0.15, -0.1) is 12.4 Å². The monoisotopic (exact) mass is 186 g/mol. The Balaban J connectivity index is 0.000000720. The molecule has 1 atom stereocenters. The fraction of sp³-hybridized carbons (Fsp3) is 0.889. The summed E-state index contributed by atoms with van der Waals surface area (Å²) >= 11 is 0. The van der Waals surface area contributed by atoms with Gasteiger partial charge in [-0.2, -0.15) is 5.26 Å². The van der Waals surface area contributed by atoms with E-state index in [2.05, 4.69) is 6.07 Å². The number of nitrogens with zero attached hydrogens (tertiary/aromatic N) is 1. The molecule has 0 spiro atoms. The molecule has 0 amide bonds. The van der Waals surface area contributed by atoms with E-state index in [1.807, 2.05) is 0 Å². The SMILES string of the molecule is Cl.N#CC12CCC(CC1)CC2N. The van der Waals surface area contributed by atoms with E-state index in [1.54, 1.807) is 0 Å². The third-order valence-electron chi connectivity index (χ3n) is 3.52. The van der Waals surface area contributed by atoms with Gasteiger partial charge in [0, 0.05) is 6.04 Å². The molecule has 3 rings (SSSR count). The number of hydrogen-bond acceptors (Lipinski definition) is 2. The minimum absolute atomic E-state index is 0. The lowest BCUT2D eigenvalue weighted by atomic mass is 9.59. The second-order valence-corrected chi connectivity index (χ2v) is 4.05. The van der Waals surface area contributed by atoms with Crippen LogP contribution in [0.4, 0.5) is 0 Å². The molecule has 2 nitrogen and oxygen atoms in total. The van der Waals surface area contributed by atoms with Crippen molar-refractivity contribution in [1.82, 2.24) is 0 Å². The van der Waals surface area contributed by atoms with Crippen molar-refractivity contribution in [3.05, 3.63) is 0 Å². The standard InChI is InChI=1S/C9H14N2.ClH/c10-6-9-3-1-7(2-4-9)5-8(9)11;/h7-8H,1-5,11H2;1H. The van der Waals surface area contributed by atoms with Crippen LogP contribution in [0.5, 0.6) is 0 Å². The van der Waals surface area contributed by atoms with Gasteiger partial charge in [-0.05, 0) is 38.0 Å². The maximum atomic E-state index is 9.01. The first-order valence-corrected chi connectivity index (χ1v) is 4.44. The second kappa shape index (κ2) is 3.24. The minimum Gasteiger partial charge on any atom is -0.326 e. The summed E-state index contributed by atoms with van der Waals surface area (Å²) in [5, 5.41) is 9.01. The number of nitrogens with two attached hydrogens (primary N) is 1. The molecule has 3 aliphatic rings. The molecule has 0 saturated heterocycles. The molecular formula is C9H15ClN2. The van der Waals surface area contributed by atoms with Crippen molar-refractivity contribution in [3.8, 4) is 6.07 Å². The Morgan fingerprint density at radius 3 is 2.25 bits per heavy atom. The van der Waals surface area contributed by atoms with E-state index in [1.165, 1.54) is 12.8 Å². The molecule has 0 aromatic heterocycles. The first kappa shape index (κ1) is 9.83. The van der Waals surface area contributed by atoms with Gasteiger partial charge in [0.25, 0.3) is 0 Å². The Bertz CT molecular complexity index is 201. The average Bonchev–Trinajstić information content (AvgIpc) is 2.07. The van der Waals surface area contributed by atoms with E-state index in [0.717, 1.165) is 25.2 Å². The Hall–Kier alpha value is -0.260. The molecule has 0 aromatic carbocycles. The van der Waals surface area contributed by atoms with Gasteiger partial charge >= 0.3 is 0 Å². The second-order valence-electron chi connectivity index (χ2n) is 4.05. The van der Waals surface area contributed by atoms with Gasteiger partial charge in [0.05, 0.1) is 11.5 Å². The van der Waals surface area contributed by atoms with Crippen LogP contribution in [0.25, 0.3) is 0 Å². The molecule has 3 fully saturated rings. The summed E-state index contributed by atoms with van der Waals surface area (Å²) in [5.41, 5.74) is 5.81. The molecule has 0 aromatic rings. The van der Waals surface area contributed by atoms with E-state index < -0.39 is 0 Å². The fourth-order valence-corrected chi connectivity index (χ4v) is 2.58. The zero-order chi connectivity index (χ0) is 7.90. The van der Waals surface area contributed by atoms with E-state index >= 15 is 0 Å². The predicted molar refractivity (Wildman–Crippen MR) is 49.8 cm³/mol. The predicted octanol–water partition coefficient (Wildman–Crippen LogP) is 1.84. The van der Waals surface area contributed by atoms with Crippen LogP contribution < -0.4 is 5.73 Å². The largest absolute Gasteiger partial charge is 0.326 e.